The van der Waals surface area contributed by atoms with Gasteiger partial charge in [0, 0.05) is 49.6 Å². The van der Waals surface area contributed by atoms with Crippen molar-refractivity contribution < 1.29 is 4.79 Å². The van der Waals surface area contributed by atoms with Crippen LogP contribution in [0.25, 0.3) is 0 Å². The molecule has 1 N–H and O–H groups in total. The van der Waals surface area contributed by atoms with Gasteiger partial charge in [0.15, 0.2) is 0 Å². The molecule has 1 unspecified atom stereocenters. The number of hydrogen-bond donors (Lipinski definition) is 1. The van der Waals surface area contributed by atoms with Crippen molar-refractivity contribution in [2.24, 2.45) is 5.92 Å². The fraction of sp³-hybridized carbons (Fsp3) is 0.269. The molecule has 0 spiro atoms. The minimum absolute atomic E-state index is 0.134. The highest BCUT2D eigenvalue weighted by molar-refractivity contribution is 6.09. The summed E-state index contributed by atoms with van der Waals surface area (Å²) < 4.78 is 0. The number of ketones is 1. The molecule has 1 saturated heterocycles. The lowest BCUT2D eigenvalue weighted by atomic mass is 10.0. The zero-order valence-corrected chi connectivity index (χ0v) is 17.3. The zero-order chi connectivity index (χ0) is 21.0. The Hall–Kier alpha value is -3.49. The Labute approximate surface area is 182 Å². The number of aromatic nitrogens is 2. The maximum Gasteiger partial charge on any atom is 0.214 e. The van der Waals surface area contributed by atoms with E-state index in [2.05, 4.69) is 51.3 Å². The molecule has 2 aromatic heterocycles. The topological polar surface area (TPSA) is 58.1 Å². The first-order chi connectivity index (χ1) is 15.3. The molecule has 0 radical (unpaired) electrons. The van der Waals surface area contributed by atoms with Crippen molar-refractivity contribution in [3.05, 3.63) is 89.4 Å². The molecule has 2 fully saturated rings. The Bertz CT molecular complexity index is 1130. The maximum absolute atomic E-state index is 13.2. The molecular formula is C26H24N4O. The van der Waals surface area contributed by atoms with Crippen LogP contribution < -0.4 is 10.2 Å². The van der Waals surface area contributed by atoms with Gasteiger partial charge in [-0.2, -0.15) is 0 Å². The Balaban J connectivity index is 1.46. The number of rotatable bonds is 4. The predicted octanol–water partition coefficient (Wildman–Crippen LogP) is 3.62. The normalized spacial score (nSPS) is 18.2. The van der Waals surface area contributed by atoms with Crippen molar-refractivity contribution >= 4 is 11.6 Å². The summed E-state index contributed by atoms with van der Waals surface area (Å²) in [5.41, 5.74) is 2.89. The Morgan fingerprint density at radius 1 is 1.06 bits per heavy atom. The van der Waals surface area contributed by atoms with Crippen LogP contribution in [0.3, 0.4) is 0 Å². The van der Waals surface area contributed by atoms with Crippen molar-refractivity contribution in [1.29, 1.82) is 0 Å². The van der Waals surface area contributed by atoms with Gasteiger partial charge in [-0.05, 0) is 42.7 Å². The average molecular weight is 409 g/mol. The molecule has 2 aliphatic rings. The van der Waals surface area contributed by atoms with Gasteiger partial charge in [0.2, 0.25) is 5.78 Å². The number of anilines is 1. The highest BCUT2D eigenvalue weighted by Gasteiger charge is 2.24. The van der Waals surface area contributed by atoms with Crippen molar-refractivity contribution in [3.63, 3.8) is 0 Å². The van der Waals surface area contributed by atoms with Crippen molar-refractivity contribution in [2.45, 2.75) is 18.9 Å². The van der Waals surface area contributed by atoms with Crippen LogP contribution in [0, 0.1) is 17.8 Å². The van der Waals surface area contributed by atoms with Crippen LogP contribution in [0.4, 0.5) is 5.82 Å². The zero-order valence-electron chi connectivity index (χ0n) is 17.3. The molecule has 5 rings (SSSR count). The monoisotopic (exact) mass is 408 g/mol. The number of carbonyl (C=O) groups excluding carboxylic acids is 1. The SMILES string of the molecule is O=C(c1cccnc1)c1nc(N2CCNC(c3ccccc3)C2)ccc1C#CC1CC1. The van der Waals surface area contributed by atoms with Gasteiger partial charge in [-0.15, -0.1) is 0 Å². The molecule has 5 nitrogen and oxygen atoms in total. The van der Waals surface area contributed by atoms with Gasteiger partial charge in [-0.3, -0.25) is 9.78 Å². The molecule has 1 atom stereocenters. The van der Waals surface area contributed by atoms with E-state index in [1.54, 1.807) is 24.5 Å². The number of nitrogens with zero attached hydrogens (tertiary/aromatic N) is 3. The highest BCUT2D eigenvalue weighted by Crippen LogP contribution is 2.28. The van der Waals surface area contributed by atoms with E-state index in [0.29, 0.717) is 22.7 Å². The molecule has 154 valence electrons. The Kier molecular flexibility index (Phi) is 5.47. The van der Waals surface area contributed by atoms with E-state index in [4.69, 9.17) is 4.98 Å². The first kappa shape index (κ1) is 19.5. The van der Waals surface area contributed by atoms with Crippen LogP contribution in [0.1, 0.15) is 46.1 Å². The molecule has 5 heteroatoms. The lowest BCUT2D eigenvalue weighted by Crippen LogP contribution is -2.46. The van der Waals surface area contributed by atoms with Gasteiger partial charge in [0.1, 0.15) is 11.5 Å². The number of pyridine rings is 2. The molecule has 1 aliphatic carbocycles. The number of benzene rings is 1. The molecule has 3 aromatic rings. The minimum Gasteiger partial charge on any atom is -0.353 e. The summed E-state index contributed by atoms with van der Waals surface area (Å²) in [6, 6.07) is 18.1. The van der Waals surface area contributed by atoms with Crippen molar-refractivity contribution in [3.8, 4) is 11.8 Å². The van der Waals surface area contributed by atoms with Gasteiger partial charge in [-0.1, -0.05) is 42.2 Å². The molecule has 31 heavy (non-hydrogen) atoms. The number of hydrogen-bond acceptors (Lipinski definition) is 5. The van der Waals surface area contributed by atoms with E-state index in [1.165, 1.54) is 5.56 Å². The Morgan fingerprint density at radius 2 is 1.94 bits per heavy atom. The third-order valence-corrected chi connectivity index (χ3v) is 5.71. The standard InChI is InChI=1S/C26H24N4O/c31-26(22-7-4-14-27-17-22)25-21(11-10-19-8-9-19)12-13-24(29-25)30-16-15-28-23(18-30)20-5-2-1-3-6-20/h1-7,12-14,17,19,23,28H,8-9,15-16,18H2. The molecule has 0 bridgehead atoms. The van der Waals surface area contributed by atoms with Crippen LogP contribution in [0.2, 0.25) is 0 Å². The van der Waals surface area contributed by atoms with Crippen LogP contribution >= 0.6 is 0 Å². The summed E-state index contributed by atoms with van der Waals surface area (Å²) in [7, 11) is 0. The maximum atomic E-state index is 13.2. The van der Waals surface area contributed by atoms with Crippen molar-refractivity contribution in [1.82, 2.24) is 15.3 Å². The van der Waals surface area contributed by atoms with Crippen LogP contribution in [-0.4, -0.2) is 35.4 Å². The molecule has 3 heterocycles. The summed E-state index contributed by atoms with van der Waals surface area (Å²) in [5, 5.41) is 3.58. The number of nitrogens with one attached hydrogen (secondary N) is 1. The first-order valence-electron chi connectivity index (χ1n) is 10.8. The summed E-state index contributed by atoms with van der Waals surface area (Å²) >= 11 is 0. The lowest BCUT2D eigenvalue weighted by Gasteiger charge is -2.35. The second kappa shape index (κ2) is 8.71. The number of piperazine rings is 1. The number of carbonyl (C=O) groups is 1. The van der Waals surface area contributed by atoms with E-state index >= 15 is 0 Å². The minimum atomic E-state index is -0.134. The van der Waals surface area contributed by atoms with Gasteiger partial charge in [0.05, 0.1) is 5.56 Å². The second-order valence-corrected chi connectivity index (χ2v) is 8.04. The van der Waals surface area contributed by atoms with Crippen molar-refractivity contribution in [2.75, 3.05) is 24.5 Å². The van der Waals surface area contributed by atoms with Gasteiger partial charge < -0.3 is 10.2 Å². The lowest BCUT2D eigenvalue weighted by molar-refractivity contribution is 0.103. The quantitative estimate of drug-likeness (QED) is 0.528. The molecule has 0 amide bonds. The van der Waals surface area contributed by atoms with Crippen LogP contribution in [0.5, 0.6) is 0 Å². The molecule has 1 aliphatic heterocycles. The van der Waals surface area contributed by atoms with E-state index in [9.17, 15) is 4.79 Å². The predicted molar refractivity (Wildman–Crippen MR) is 121 cm³/mol. The summed E-state index contributed by atoms with van der Waals surface area (Å²) in [6.45, 7) is 2.49. The fourth-order valence-corrected chi connectivity index (χ4v) is 3.81. The van der Waals surface area contributed by atoms with Gasteiger partial charge >= 0.3 is 0 Å². The summed E-state index contributed by atoms with van der Waals surface area (Å²) in [6.07, 6.45) is 5.54. The van der Waals surface area contributed by atoms with Crippen LogP contribution in [0.15, 0.2) is 67.0 Å². The highest BCUT2D eigenvalue weighted by atomic mass is 16.1. The smallest absolute Gasteiger partial charge is 0.214 e. The summed E-state index contributed by atoms with van der Waals surface area (Å²) in [5.74, 6) is 7.61. The first-order valence-corrected chi connectivity index (χ1v) is 10.8. The Morgan fingerprint density at radius 3 is 2.71 bits per heavy atom. The molecule has 1 saturated carbocycles. The fourth-order valence-electron chi connectivity index (χ4n) is 3.81. The average Bonchev–Trinajstić information content (AvgIpc) is 3.68. The molecule has 1 aromatic carbocycles. The van der Waals surface area contributed by atoms with E-state index < -0.39 is 0 Å². The second-order valence-electron chi connectivity index (χ2n) is 8.04. The summed E-state index contributed by atoms with van der Waals surface area (Å²) in [4.78, 5) is 24.4. The van der Waals surface area contributed by atoms with E-state index in [0.717, 1.165) is 38.3 Å². The largest absolute Gasteiger partial charge is 0.353 e. The molecular weight excluding hydrogens is 384 g/mol. The van der Waals surface area contributed by atoms with E-state index in [-0.39, 0.29) is 11.8 Å². The van der Waals surface area contributed by atoms with E-state index in [1.807, 2.05) is 18.2 Å². The van der Waals surface area contributed by atoms with Crippen LogP contribution in [-0.2, 0) is 0 Å². The third-order valence-electron chi connectivity index (χ3n) is 5.71. The van der Waals surface area contributed by atoms with Gasteiger partial charge in [-0.25, -0.2) is 4.98 Å². The third kappa shape index (κ3) is 4.50. The van der Waals surface area contributed by atoms with Gasteiger partial charge in [0.25, 0.3) is 0 Å².